The Labute approximate surface area is 352 Å². The molecule has 2 aromatic heterocycles. The number of nitrogens with zero attached hydrogens (tertiary/aromatic N) is 5. The van der Waals surface area contributed by atoms with E-state index in [1.807, 2.05) is 78.9 Å². The molecule has 0 spiro atoms. The Balaban J connectivity index is 1.03. The Kier molecular flexibility index (Phi) is 8.06. The predicted octanol–water partition coefficient (Wildman–Crippen LogP) is 14.4. The lowest BCUT2D eigenvalue weighted by atomic mass is 10.00. The minimum atomic E-state index is 0.613. The minimum Gasteiger partial charge on any atom is -0.453 e. The molecule has 0 unspecified atom stereocenters. The summed E-state index contributed by atoms with van der Waals surface area (Å²) in [5.74, 6) is 3.51. The van der Waals surface area contributed by atoms with Gasteiger partial charge in [0.1, 0.15) is 0 Å². The molecule has 9 aromatic carbocycles. The summed E-state index contributed by atoms with van der Waals surface area (Å²) in [6.45, 7) is 0. The molecule has 0 N–H and O–H groups in total. The van der Waals surface area contributed by atoms with Crippen LogP contribution in [0.3, 0.4) is 0 Å². The smallest absolute Gasteiger partial charge is 0.164 e. The lowest BCUT2D eigenvalue weighted by Crippen LogP contribution is -2.15. The Morgan fingerprint density at radius 2 is 0.934 bits per heavy atom. The van der Waals surface area contributed by atoms with Gasteiger partial charge in [-0.25, -0.2) is 15.0 Å². The van der Waals surface area contributed by atoms with Gasteiger partial charge in [-0.05, 0) is 82.6 Å². The zero-order valence-electron chi connectivity index (χ0n) is 32.9. The van der Waals surface area contributed by atoms with Gasteiger partial charge in [0, 0.05) is 38.8 Å². The molecule has 286 valence electrons. The van der Waals surface area contributed by atoms with Crippen LogP contribution in [-0.4, -0.2) is 19.5 Å². The summed E-state index contributed by atoms with van der Waals surface area (Å²) in [6, 6.07) is 73.9. The first-order valence-corrected chi connectivity index (χ1v) is 20.4. The van der Waals surface area contributed by atoms with Gasteiger partial charge >= 0.3 is 0 Å². The molecule has 1 aliphatic rings. The highest BCUT2D eigenvalue weighted by molar-refractivity contribution is 6.21. The van der Waals surface area contributed by atoms with E-state index in [4.69, 9.17) is 19.7 Å². The normalized spacial score (nSPS) is 12.0. The fourth-order valence-corrected chi connectivity index (χ4v) is 8.76. The maximum atomic E-state index is 6.63. The third kappa shape index (κ3) is 5.92. The average Bonchev–Trinajstić information content (AvgIpc) is 3.68. The van der Waals surface area contributed by atoms with E-state index in [1.165, 1.54) is 21.5 Å². The van der Waals surface area contributed by atoms with Crippen LogP contribution in [0.25, 0.3) is 83.6 Å². The van der Waals surface area contributed by atoms with Crippen molar-refractivity contribution < 1.29 is 4.74 Å². The molecule has 61 heavy (non-hydrogen) atoms. The van der Waals surface area contributed by atoms with Crippen LogP contribution in [0, 0.1) is 0 Å². The lowest BCUT2D eigenvalue weighted by molar-refractivity contribution is 0.477. The Hall–Kier alpha value is -8.35. The number of ether oxygens (including phenoxy) is 1. The first-order valence-electron chi connectivity index (χ1n) is 20.4. The fourth-order valence-electron chi connectivity index (χ4n) is 8.76. The van der Waals surface area contributed by atoms with Gasteiger partial charge in [0.25, 0.3) is 0 Å². The van der Waals surface area contributed by atoms with Gasteiger partial charge in [-0.1, -0.05) is 152 Å². The molecule has 0 amide bonds. The van der Waals surface area contributed by atoms with Crippen LogP contribution in [0.2, 0.25) is 0 Å². The lowest BCUT2D eigenvalue weighted by Gasteiger charge is -2.33. The zero-order chi connectivity index (χ0) is 40.3. The van der Waals surface area contributed by atoms with E-state index in [0.29, 0.717) is 17.5 Å². The van der Waals surface area contributed by atoms with Gasteiger partial charge in [0.05, 0.1) is 22.4 Å². The first kappa shape index (κ1) is 34.7. The summed E-state index contributed by atoms with van der Waals surface area (Å²) in [5.41, 5.74) is 11.2. The van der Waals surface area contributed by atoms with E-state index in [1.54, 1.807) is 0 Å². The molecule has 6 heteroatoms. The summed E-state index contributed by atoms with van der Waals surface area (Å²) in [6.07, 6.45) is 0. The van der Waals surface area contributed by atoms with E-state index >= 15 is 0 Å². The molecule has 11 aromatic rings. The maximum absolute atomic E-state index is 6.63. The molecular formula is C55H35N5O. The van der Waals surface area contributed by atoms with Crippen LogP contribution in [-0.2, 0) is 0 Å². The van der Waals surface area contributed by atoms with Crippen molar-refractivity contribution in [3.8, 4) is 62.5 Å². The number of fused-ring (bicyclic) bond motifs is 7. The van der Waals surface area contributed by atoms with Crippen molar-refractivity contribution in [3.63, 3.8) is 0 Å². The van der Waals surface area contributed by atoms with Crippen molar-refractivity contribution >= 4 is 49.6 Å². The van der Waals surface area contributed by atoms with Gasteiger partial charge in [0.2, 0.25) is 0 Å². The number of aromatic nitrogens is 4. The van der Waals surface area contributed by atoms with Crippen LogP contribution in [0.1, 0.15) is 0 Å². The van der Waals surface area contributed by atoms with Gasteiger partial charge in [-0.15, -0.1) is 0 Å². The monoisotopic (exact) mass is 781 g/mol. The van der Waals surface area contributed by atoms with Crippen molar-refractivity contribution in [2.75, 3.05) is 4.90 Å². The summed E-state index contributed by atoms with van der Waals surface area (Å²) < 4.78 is 9.01. The number of benzene rings is 9. The van der Waals surface area contributed by atoms with Crippen molar-refractivity contribution in [2.24, 2.45) is 0 Å². The molecule has 0 atom stereocenters. The van der Waals surface area contributed by atoms with Gasteiger partial charge in [0.15, 0.2) is 29.0 Å². The van der Waals surface area contributed by atoms with Crippen LogP contribution in [0.15, 0.2) is 212 Å². The SMILES string of the molecule is c1ccc(-c2nc(-c3ccccc3)nc(-c3cccc(-n4c5cc(-c6ccc7c(c6)Oc6ccccc6N7c6ccccc6)ccc5c5c6ccccc6ccc54)c3)n2)cc1. The molecule has 12 rings (SSSR count). The minimum absolute atomic E-state index is 0.613. The number of rotatable bonds is 6. The topological polar surface area (TPSA) is 56.1 Å². The van der Waals surface area contributed by atoms with Crippen LogP contribution in [0.4, 0.5) is 17.1 Å². The number of anilines is 3. The third-order valence-corrected chi connectivity index (χ3v) is 11.6. The standard InChI is InChI=1S/C55H35N5O/c1-4-16-37(17-5-1)53-56-54(38-18-6-2-7-19-38)58-55(57-53)41-20-14-23-43(33-41)60-48-32-28-36-15-10-11-24-44(36)52(48)45-30-27-39(34-49(45)60)40-29-31-47-51(35-40)61-50-26-13-12-25-46(50)59(47)42-21-8-3-9-22-42/h1-35H. The molecule has 0 saturated heterocycles. The van der Waals surface area contributed by atoms with Gasteiger partial charge < -0.3 is 14.2 Å². The predicted molar refractivity (Wildman–Crippen MR) is 248 cm³/mol. The molecule has 0 fully saturated rings. The molecule has 0 saturated carbocycles. The molecule has 3 heterocycles. The van der Waals surface area contributed by atoms with Crippen LogP contribution >= 0.6 is 0 Å². The molecule has 0 radical (unpaired) electrons. The average molecular weight is 782 g/mol. The van der Waals surface area contributed by atoms with Crippen molar-refractivity contribution in [3.05, 3.63) is 212 Å². The quantitative estimate of drug-likeness (QED) is 0.168. The van der Waals surface area contributed by atoms with E-state index in [9.17, 15) is 0 Å². The molecular weight excluding hydrogens is 747 g/mol. The Bertz CT molecular complexity index is 3400. The van der Waals surface area contributed by atoms with E-state index in [-0.39, 0.29) is 0 Å². The molecule has 6 nitrogen and oxygen atoms in total. The molecule has 0 aliphatic carbocycles. The van der Waals surface area contributed by atoms with Crippen LogP contribution < -0.4 is 9.64 Å². The maximum Gasteiger partial charge on any atom is 0.164 e. The molecule has 1 aliphatic heterocycles. The van der Waals surface area contributed by atoms with E-state index in [0.717, 1.165) is 73.1 Å². The highest BCUT2D eigenvalue weighted by Crippen LogP contribution is 2.51. The van der Waals surface area contributed by atoms with Crippen molar-refractivity contribution in [2.45, 2.75) is 0 Å². The zero-order valence-corrected chi connectivity index (χ0v) is 32.9. The van der Waals surface area contributed by atoms with Gasteiger partial charge in [-0.2, -0.15) is 0 Å². The highest BCUT2D eigenvalue weighted by Gasteiger charge is 2.26. The van der Waals surface area contributed by atoms with E-state index in [2.05, 4.69) is 143 Å². The number of hydrogen-bond acceptors (Lipinski definition) is 5. The third-order valence-electron chi connectivity index (χ3n) is 11.6. The van der Waals surface area contributed by atoms with E-state index < -0.39 is 0 Å². The fraction of sp³-hybridized carbons (Fsp3) is 0. The number of para-hydroxylation sites is 3. The highest BCUT2D eigenvalue weighted by atomic mass is 16.5. The largest absolute Gasteiger partial charge is 0.453 e. The summed E-state index contributed by atoms with van der Waals surface area (Å²) in [7, 11) is 0. The second-order valence-corrected chi connectivity index (χ2v) is 15.3. The second kappa shape index (κ2) is 14.2. The molecule has 0 bridgehead atoms. The van der Waals surface area contributed by atoms with Gasteiger partial charge in [-0.3, -0.25) is 0 Å². The first-order chi connectivity index (χ1) is 30.2. The van der Waals surface area contributed by atoms with Crippen molar-refractivity contribution in [1.29, 1.82) is 0 Å². The summed E-state index contributed by atoms with van der Waals surface area (Å²) in [5, 5.41) is 4.81. The van der Waals surface area contributed by atoms with Crippen molar-refractivity contribution in [1.82, 2.24) is 19.5 Å². The Morgan fingerprint density at radius 3 is 1.70 bits per heavy atom. The van der Waals surface area contributed by atoms with Crippen LogP contribution in [0.5, 0.6) is 11.5 Å². The summed E-state index contributed by atoms with van der Waals surface area (Å²) in [4.78, 5) is 17.3. The number of hydrogen-bond donors (Lipinski definition) is 0. The second-order valence-electron chi connectivity index (χ2n) is 15.3. The summed E-state index contributed by atoms with van der Waals surface area (Å²) >= 11 is 0. The Morgan fingerprint density at radius 1 is 0.344 bits per heavy atom.